The van der Waals surface area contributed by atoms with Crippen molar-refractivity contribution in [1.29, 1.82) is 0 Å². The van der Waals surface area contributed by atoms with Gasteiger partial charge in [0, 0.05) is 25.0 Å². The fourth-order valence-corrected chi connectivity index (χ4v) is 2.33. The molecule has 0 saturated carbocycles. The monoisotopic (exact) mass is 309 g/mol. The van der Waals surface area contributed by atoms with E-state index in [0.717, 1.165) is 10.9 Å². The second-order valence-corrected chi connectivity index (χ2v) is 5.63. The fourth-order valence-electron chi connectivity index (χ4n) is 2.33. The molecule has 1 rings (SSSR count). The number of hydrogen-bond acceptors (Lipinski definition) is 1. The van der Waals surface area contributed by atoms with Crippen molar-refractivity contribution in [2.24, 2.45) is 0 Å². The third-order valence-corrected chi connectivity index (χ3v) is 3.75. The molecule has 0 heterocycles. The van der Waals surface area contributed by atoms with E-state index >= 15 is 0 Å². The molecule has 0 unspecified atom stereocenters. The Hall–Kier alpha value is -0.657. The average Bonchev–Trinajstić information content (AvgIpc) is 2.22. The van der Waals surface area contributed by atoms with Crippen molar-refractivity contribution < 1.29 is 19.5 Å². The SMILES string of the molecule is C=c1cc(C)c(=C([N-]C)C(C)(C)N(C)C)c(C)c1.[Zn]. The molecule has 2 nitrogen and oxygen atoms in total. The van der Waals surface area contributed by atoms with E-state index in [9.17, 15) is 0 Å². The van der Waals surface area contributed by atoms with Crippen molar-refractivity contribution in [3.05, 3.63) is 39.0 Å². The molecule has 0 bridgehead atoms. The molecule has 19 heavy (non-hydrogen) atoms. The Morgan fingerprint density at radius 2 is 1.58 bits per heavy atom. The first-order chi connectivity index (χ1) is 8.21. The predicted octanol–water partition coefficient (Wildman–Crippen LogP) is 2.16. The topological polar surface area (TPSA) is 17.3 Å². The Labute approximate surface area is 130 Å². The molecular weight excluding hydrogens is 286 g/mol. The van der Waals surface area contributed by atoms with Crippen LogP contribution in [0.15, 0.2) is 12.1 Å². The van der Waals surface area contributed by atoms with Crippen LogP contribution in [-0.4, -0.2) is 31.6 Å². The molecule has 1 aromatic rings. The van der Waals surface area contributed by atoms with E-state index in [0.29, 0.717) is 0 Å². The quantitative estimate of drug-likeness (QED) is 0.782. The molecule has 0 radical (unpaired) electrons. The van der Waals surface area contributed by atoms with E-state index in [4.69, 9.17) is 0 Å². The second kappa shape index (κ2) is 6.68. The molecule has 0 aromatic heterocycles. The molecule has 0 spiro atoms. The third-order valence-electron chi connectivity index (χ3n) is 3.75. The van der Waals surface area contributed by atoms with Crippen molar-refractivity contribution >= 4 is 12.3 Å². The summed E-state index contributed by atoms with van der Waals surface area (Å²) in [5.41, 5.74) is 3.53. The molecule has 0 fully saturated rings. The molecule has 3 heteroatoms. The van der Waals surface area contributed by atoms with Gasteiger partial charge in [-0.1, -0.05) is 18.7 Å². The van der Waals surface area contributed by atoms with Crippen molar-refractivity contribution in [1.82, 2.24) is 4.90 Å². The zero-order chi connectivity index (χ0) is 14.1. The van der Waals surface area contributed by atoms with Crippen LogP contribution in [0.2, 0.25) is 0 Å². The molecule has 0 aliphatic rings. The minimum Gasteiger partial charge on any atom is -0.688 e. The normalized spacial score (nSPS) is 11.2. The summed E-state index contributed by atoms with van der Waals surface area (Å²) < 4.78 is 0. The van der Waals surface area contributed by atoms with Crippen molar-refractivity contribution in [3.8, 4) is 0 Å². The van der Waals surface area contributed by atoms with Gasteiger partial charge in [0.25, 0.3) is 0 Å². The minimum absolute atomic E-state index is 0. The number of rotatable bonds is 3. The number of nitrogens with zero attached hydrogens (tertiary/aromatic N) is 2. The van der Waals surface area contributed by atoms with Crippen LogP contribution in [0.3, 0.4) is 0 Å². The summed E-state index contributed by atoms with van der Waals surface area (Å²) in [4.78, 5) is 2.20. The number of likely N-dealkylation sites (N-methyl/N-ethyl adjacent to an activating group) is 2. The summed E-state index contributed by atoms with van der Waals surface area (Å²) in [5, 5.41) is 6.87. The summed E-state index contributed by atoms with van der Waals surface area (Å²) in [6.45, 7) is 12.7. The van der Waals surface area contributed by atoms with E-state index in [1.165, 1.54) is 16.3 Å². The number of benzene rings is 1. The van der Waals surface area contributed by atoms with Gasteiger partial charge >= 0.3 is 0 Å². The third kappa shape index (κ3) is 3.67. The molecule has 1 aromatic carbocycles. The zero-order valence-electron chi connectivity index (χ0n) is 13.5. The van der Waals surface area contributed by atoms with Gasteiger partial charge < -0.3 is 10.2 Å². The smallest absolute Gasteiger partial charge is 0.0200 e. The van der Waals surface area contributed by atoms with Gasteiger partial charge in [-0.25, -0.2) is 0 Å². The first kappa shape index (κ1) is 18.3. The number of aryl methyl sites for hydroxylation is 2. The number of hydrogen-bond donors (Lipinski definition) is 0. The molecule has 0 aliphatic carbocycles. The van der Waals surface area contributed by atoms with Crippen molar-refractivity contribution in [2.45, 2.75) is 33.2 Å². The maximum absolute atomic E-state index is 4.56. The van der Waals surface area contributed by atoms with Crippen LogP contribution in [0.1, 0.15) is 25.0 Å². The van der Waals surface area contributed by atoms with Crippen molar-refractivity contribution in [3.63, 3.8) is 0 Å². The summed E-state index contributed by atoms with van der Waals surface area (Å²) in [6.07, 6.45) is 0. The molecule has 0 saturated heterocycles. The van der Waals surface area contributed by atoms with E-state index in [1.807, 2.05) is 7.05 Å². The van der Waals surface area contributed by atoms with Crippen molar-refractivity contribution in [2.75, 3.05) is 21.1 Å². The van der Waals surface area contributed by atoms with Gasteiger partial charge in [0.2, 0.25) is 0 Å². The Bertz CT molecular complexity index is 515. The largest absolute Gasteiger partial charge is 0.688 e. The Morgan fingerprint density at radius 3 is 1.89 bits per heavy atom. The van der Waals surface area contributed by atoms with Crippen LogP contribution in [0.25, 0.3) is 17.6 Å². The van der Waals surface area contributed by atoms with Crippen LogP contribution in [0.5, 0.6) is 0 Å². The molecule has 0 N–H and O–H groups in total. The average molecular weight is 311 g/mol. The van der Waals surface area contributed by atoms with Gasteiger partial charge in [-0.3, -0.25) is 0 Å². The molecule has 0 amide bonds. The van der Waals surface area contributed by atoms with E-state index in [1.54, 1.807) is 0 Å². The first-order valence-electron chi connectivity index (χ1n) is 6.30. The molecular formula is C16H25N2Zn-. The Morgan fingerprint density at radius 1 is 1.16 bits per heavy atom. The molecule has 102 valence electrons. The van der Waals surface area contributed by atoms with Gasteiger partial charge in [-0.15, -0.1) is 12.7 Å². The van der Waals surface area contributed by atoms with E-state index in [2.05, 4.69) is 70.7 Å². The van der Waals surface area contributed by atoms with Crippen LogP contribution >= 0.6 is 0 Å². The van der Waals surface area contributed by atoms with E-state index < -0.39 is 0 Å². The Balaban J connectivity index is 0.00000324. The minimum atomic E-state index is -0.0903. The second-order valence-electron chi connectivity index (χ2n) is 5.63. The summed E-state index contributed by atoms with van der Waals surface area (Å²) >= 11 is 0. The van der Waals surface area contributed by atoms with Crippen LogP contribution in [0, 0.1) is 13.8 Å². The summed E-state index contributed by atoms with van der Waals surface area (Å²) in [5.74, 6) is 0. The van der Waals surface area contributed by atoms with Crippen LogP contribution in [0.4, 0.5) is 0 Å². The maximum atomic E-state index is 4.56. The standard InChI is InChI=1S/C16H25N2.Zn/c1-11-9-12(2)14(13(3)10-11)15(17-6)16(4,5)18(7)8;/h9-10H,1H2,2-8H3;/q-1;. The van der Waals surface area contributed by atoms with Gasteiger partial charge in [-0.2, -0.15) is 0 Å². The summed E-state index contributed by atoms with van der Waals surface area (Å²) in [6, 6.07) is 4.25. The van der Waals surface area contributed by atoms with Gasteiger partial charge in [-0.05, 0) is 63.4 Å². The van der Waals surface area contributed by atoms with Gasteiger partial charge in [0.05, 0.1) is 0 Å². The zero-order valence-corrected chi connectivity index (χ0v) is 16.4. The van der Waals surface area contributed by atoms with Gasteiger partial charge in [0.15, 0.2) is 0 Å². The fraction of sp³-hybridized carbons (Fsp3) is 0.500. The molecule has 0 atom stereocenters. The predicted molar refractivity (Wildman–Crippen MR) is 81.1 cm³/mol. The van der Waals surface area contributed by atoms with Crippen LogP contribution < -0.4 is 10.4 Å². The van der Waals surface area contributed by atoms with E-state index in [-0.39, 0.29) is 25.0 Å². The summed E-state index contributed by atoms with van der Waals surface area (Å²) in [7, 11) is 6.05. The van der Waals surface area contributed by atoms with Gasteiger partial charge in [0.1, 0.15) is 0 Å². The van der Waals surface area contributed by atoms with Crippen LogP contribution in [-0.2, 0) is 19.5 Å². The first-order valence-corrected chi connectivity index (χ1v) is 6.30. The Kier molecular flexibility index (Phi) is 6.44. The molecule has 0 aliphatic heterocycles. The maximum Gasteiger partial charge on any atom is 0.0200 e.